The second kappa shape index (κ2) is 4.45. The van der Waals surface area contributed by atoms with E-state index in [0.717, 1.165) is 0 Å². The third-order valence-corrected chi connectivity index (χ3v) is 4.17. The number of nitrogens with zero attached hydrogens (tertiary/aromatic N) is 2. The van der Waals surface area contributed by atoms with Gasteiger partial charge in [-0.05, 0) is 18.2 Å². The van der Waals surface area contributed by atoms with Gasteiger partial charge < -0.3 is 4.57 Å². The molecule has 0 radical (unpaired) electrons. The van der Waals surface area contributed by atoms with Crippen molar-refractivity contribution >= 4 is 34.5 Å². The maximum atomic E-state index is 2.28. The molecule has 2 heteroatoms. The molecule has 0 unspecified atom stereocenters. The van der Waals surface area contributed by atoms with Crippen molar-refractivity contribution in [3.63, 3.8) is 0 Å². The zero-order valence-corrected chi connectivity index (χ0v) is 12.2. The van der Waals surface area contributed by atoms with Gasteiger partial charge in [0.25, 0.3) is 0 Å². The molecule has 4 rings (SSSR count). The summed E-state index contributed by atoms with van der Waals surface area (Å²) in [7, 11) is 4.20. The van der Waals surface area contributed by atoms with Crippen LogP contribution in [0.4, 0.5) is 5.69 Å². The minimum absolute atomic E-state index is 1.27. The predicted molar refractivity (Wildman–Crippen MR) is 89.1 cm³/mol. The fourth-order valence-electron chi connectivity index (χ4n) is 3.14. The molecule has 2 aromatic carbocycles. The minimum atomic E-state index is 1.27. The number of rotatable bonds is 1. The van der Waals surface area contributed by atoms with E-state index < -0.39 is 0 Å². The van der Waals surface area contributed by atoms with Crippen LogP contribution in [0, 0.1) is 0 Å². The first-order chi connectivity index (χ1) is 10.2. The molecule has 0 atom stereocenters. The summed E-state index contributed by atoms with van der Waals surface area (Å²) in [5.74, 6) is 0. The molecule has 0 N–H and O–H groups in total. The lowest BCUT2D eigenvalue weighted by Crippen LogP contribution is -1.91. The molecule has 0 spiro atoms. The largest absolute Gasteiger partial charge is 0.350 e. The van der Waals surface area contributed by atoms with E-state index in [-0.39, 0.29) is 0 Å². The zero-order valence-electron chi connectivity index (χ0n) is 12.2. The van der Waals surface area contributed by atoms with Crippen LogP contribution >= 0.6 is 0 Å². The number of hydrogen-bond donors (Lipinski definition) is 0. The van der Waals surface area contributed by atoms with Crippen molar-refractivity contribution in [2.24, 2.45) is 7.05 Å². The molecule has 0 saturated heterocycles. The average molecular weight is 273 g/mol. The number of aromatic nitrogens is 1. The van der Waals surface area contributed by atoms with Crippen molar-refractivity contribution in [2.75, 3.05) is 7.05 Å². The molecule has 3 aromatic rings. The smallest absolute Gasteiger partial charge is 0.213 e. The second-order valence-corrected chi connectivity index (χ2v) is 5.57. The Morgan fingerprint density at radius 3 is 2.67 bits per heavy atom. The average Bonchev–Trinajstić information content (AvgIpc) is 3.00. The highest BCUT2D eigenvalue weighted by Crippen LogP contribution is 2.32. The molecule has 0 saturated carbocycles. The van der Waals surface area contributed by atoms with Gasteiger partial charge >= 0.3 is 0 Å². The van der Waals surface area contributed by atoms with Gasteiger partial charge in [0.1, 0.15) is 7.05 Å². The van der Waals surface area contributed by atoms with Gasteiger partial charge in [-0.2, -0.15) is 0 Å². The summed E-state index contributed by atoms with van der Waals surface area (Å²) in [6.07, 6.45) is 6.68. The van der Waals surface area contributed by atoms with Gasteiger partial charge in [-0.15, -0.1) is 0 Å². The van der Waals surface area contributed by atoms with Crippen molar-refractivity contribution in [1.29, 1.82) is 0 Å². The first kappa shape index (κ1) is 12.2. The van der Waals surface area contributed by atoms with Crippen LogP contribution in [0.15, 0.2) is 54.7 Å². The van der Waals surface area contributed by atoms with Crippen molar-refractivity contribution < 1.29 is 4.58 Å². The molecule has 0 bridgehead atoms. The van der Waals surface area contributed by atoms with Gasteiger partial charge in [-0.25, -0.2) is 4.58 Å². The summed E-state index contributed by atoms with van der Waals surface area (Å²) in [6.45, 7) is 0. The Labute approximate surface area is 124 Å². The molecule has 1 aliphatic rings. The fraction of sp³-hybridized carbons (Fsp3) is 0.105. The van der Waals surface area contributed by atoms with E-state index in [9.17, 15) is 0 Å². The SMILES string of the molecule is Cn1cc(/C=C2\C=[N+](C)c3ccccc32)c2ccccc21. The Balaban J connectivity index is 1.93. The number of fused-ring (bicyclic) bond motifs is 2. The Morgan fingerprint density at radius 1 is 1.00 bits per heavy atom. The van der Waals surface area contributed by atoms with E-state index >= 15 is 0 Å². The Kier molecular flexibility index (Phi) is 2.58. The predicted octanol–water partition coefficient (Wildman–Crippen LogP) is 4.08. The number of allylic oxidation sites excluding steroid dienone is 1. The second-order valence-electron chi connectivity index (χ2n) is 5.57. The van der Waals surface area contributed by atoms with E-state index in [1.54, 1.807) is 0 Å². The molecule has 2 nitrogen and oxygen atoms in total. The molecule has 1 aromatic heterocycles. The number of para-hydroxylation sites is 2. The maximum absolute atomic E-state index is 2.28. The van der Waals surface area contributed by atoms with Crippen molar-refractivity contribution in [2.45, 2.75) is 0 Å². The maximum Gasteiger partial charge on any atom is 0.213 e. The molecule has 1 aliphatic heterocycles. The van der Waals surface area contributed by atoms with E-state index in [4.69, 9.17) is 0 Å². The highest BCUT2D eigenvalue weighted by Gasteiger charge is 2.22. The van der Waals surface area contributed by atoms with Crippen LogP contribution < -0.4 is 0 Å². The Hall–Kier alpha value is -2.61. The van der Waals surface area contributed by atoms with Gasteiger partial charge in [0, 0.05) is 35.8 Å². The highest BCUT2D eigenvalue weighted by atomic mass is 15.0. The third kappa shape index (κ3) is 1.83. The lowest BCUT2D eigenvalue weighted by molar-refractivity contribution is -0.395. The molecule has 0 amide bonds. The quantitative estimate of drug-likeness (QED) is 0.590. The van der Waals surface area contributed by atoms with Crippen LogP contribution in [-0.2, 0) is 7.05 Å². The third-order valence-electron chi connectivity index (χ3n) is 4.17. The van der Waals surface area contributed by atoms with Crippen LogP contribution in [0.1, 0.15) is 11.1 Å². The molecule has 0 aliphatic carbocycles. The first-order valence-corrected chi connectivity index (χ1v) is 7.17. The first-order valence-electron chi connectivity index (χ1n) is 7.17. The number of aryl methyl sites for hydroxylation is 1. The van der Waals surface area contributed by atoms with E-state index in [2.05, 4.69) is 90.3 Å². The highest BCUT2D eigenvalue weighted by molar-refractivity contribution is 6.18. The molecule has 0 fully saturated rings. The van der Waals surface area contributed by atoms with Gasteiger partial charge in [0.2, 0.25) is 5.69 Å². The standard InChI is InChI=1S/C19H17N2/c1-20-12-14(16-7-3-5-9-18(16)20)11-15-13-21(2)19-10-6-4-8-17(15)19/h3-13H,1-2H3/q+1. The van der Waals surface area contributed by atoms with Gasteiger partial charge in [-0.1, -0.05) is 30.3 Å². The summed E-state index contributed by atoms with van der Waals surface area (Å²) in [6, 6.07) is 17.1. The van der Waals surface area contributed by atoms with E-state index in [1.165, 1.54) is 33.3 Å². The normalized spacial score (nSPS) is 15.5. The monoisotopic (exact) mass is 273 g/mol. The summed E-state index contributed by atoms with van der Waals surface area (Å²) < 4.78 is 4.37. The molecule has 2 heterocycles. The van der Waals surface area contributed by atoms with Crippen LogP contribution in [-0.4, -0.2) is 22.4 Å². The Bertz CT molecular complexity index is 910. The lowest BCUT2D eigenvalue weighted by atomic mass is 10.0. The van der Waals surface area contributed by atoms with E-state index in [1.807, 2.05) is 0 Å². The summed E-state index contributed by atoms with van der Waals surface area (Å²) >= 11 is 0. The van der Waals surface area contributed by atoms with Crippen LogP contribution in [0.5, 0.6) is 0 Å². The summed E-state index contributed by atoms with van der Waals surface area (Å²) in [5.41, 5.74) is 6.37. The van der Waals surface area contributed by atoms with Crippen LogP contribution in [0.3, 0.4) is 0 Å². The summed E-state index contributed by atoms with van der Waals surface area (Å²) in [5, 5.41) is 1.30. The van der Waals surface area contributed by atoms with Crippen molar-refractivity contribution in [1.82, 2.24) is 4.57 Å². The van der Waals surface area contributed by atoms with Crippen molar-refractivity contribution in [3.8, 4) is 0 Å². The summed E-state index contributed by atoms with van der Waals surface area (Å²) in [4.78, 5) is 0. The minimum Gasteiger partial charge on any atom is -0.350 e. The fourth-order valence-corrected chi connectivity index (χ4v) is 3.14. The molecular formula is C19H17N2+. The molecule has 102 valence electrons. The van der Waals surface area contributed by atoms with E-state index in [0.29, 0.717) is 0 Å². The number of benzene rings is 2. The van der Waals surface area contributed by atoms with Crippen LogP contribution in [0.25, 0.3) is 22.6 Å². The van der Waals surface area contributed by atoms with Gasteiger partial charge in [-0.3, -0.25) is 0 Å². The van der Waals surface area contributed by atoms with Crippen molar-refractivity contribution in [3.05, 3.63) is 65.9 Å². The molecule has 21 heavy (non-hydrogen) atoms. The molecular weight excluding hydrogens is 256 g/mol. The van der Waals surface area contributed by atoms with Crippen LogP contribution in [0.2, 0.25) is 0 Å². The lowest BCUT2D eigenvalue weighted by Gasteiger charge is -1.95. The van der Waals surface area contributed by atoms with Gasteiger partial charge in [0.15, 0.2) is 6.21 Å². The van der Waals surface area contributed by atoms with Gasteiger partial charge in [0.05, 0.1) is 11.1 Å². The number of hydrogen-bond acceptors (Lipinski definition) is 0. The Morgan fingerprint density at radius 2 is 1.76 bits per heavy atom. The topological polar surface area (TPSA) is 7.94 Å². The zero-order chi connectivity index (χ0) is 14.4.